The normalized spacial score (nSPS) is 13.8. The summed E-state index contributed by atoms with van der Waals surface area (Å²) in [5, 5.41) is 11.9. The van der Waals surface area contributed by atoms with Gasteiger partial charge in [-0.3, -0.25) is 19.4 Å². The average molecular weight is 434 g/mol. The molecule has 166 valence electrons. The van der Waals surface area contributed by atoms with Crippen LogP contribution >= 0.6 is 0 Å². The number of aromatic nitrogens is 1. The van der Waals surface area contributed by atoms with Gasteiger partial charge in [0, 0.05) is 62.2 Å². The Bertz CT molecular complexity index is 951. The van der Waals surface area contributed by atoms with Gasteiger partial charge in [0.25, 0.3) is 5.91 Å². The first-order chi connectivity index (χ1) is 15.6. The first-order valence-corrected chi connectivity index (χ1v) is 10.8. The van der Waals surface area contributed by atoms with Crippen LogP contribution in [0.2, 0.25) is 0 Å². The number of carbonyl (C=O) groups excluding carboxylic acids is 3. The second kappa shape index (κ2) is 11.6. The van der Waals surface area contributed by atoms with Crippen LogP contribution < -0.4 is 10.2 Å². The van der Waals surface area contributed by atoms with Crippen LogP contribution in [-0.2, 0) is 9.59 Å². The van der Waals surface area contributed by atoms with E-state index in [9.17, 15) is 14.4 Å². The van der Waals surface area contributed by atoms with Gasteiger partial charge in [-0.25, -0.2) is 0 Å². The molecule has 0 spiro atoms. The predicted octanol–water partition coefficient (Wildman–Crippen LogP) is 2.53. The van der Waals surface area contributed by atoms with E-state index in [0.29, 0.717) is 38.0 Å². The van der Waals surface area contributed by atoms with Crippen molar-refractivity contribution in [2.45, 2.75) is 38.1 Å². The molecular formula is C24H27N5O3. The van der Waals surface area contributed by atoms with Crippen molar-refractivity contribution in [1.82, 2.24) is 15.2 Å². The number of rotatable bonds is 8. The highest BCUT2D eigenvalue weighted by Gasteiger charge is 2.25. The third-order valence-electron chi connectivity index (χ3n) is 5.46. The molecule has 0 saturated carbocycles. The van der Waals surface area contributed by atoms with Crippen molar-refractivity contribution in [1.29, 1.82) is 5.26 Å². The molecule has 2 aromatic rings. The van der Waals surface area contributed by atoms with Gasteiger partial charge in [0.15, 0.2) is 0 Å². The molecule has 0 radical (unpaired) electrons. The summed E-state index contributed by atoms with van der Waals surface area (Å²) in [4.78, 5) is 44.9. The molecule has 1 aliphatic heterocycles. The Morgan fingerprint density at radius 3 is 2.41 bits per heavy atom. The standard InChI is InChI=1S/C24H27N5O3/c25-13-4-16-29(21-5-2-1-3-6-21)23(31)8-7-22(30)27-20-11-17-28(18-12-20)24(32)19-9-14-26-15-10-19/h1-3,5-6,9-10,14-15,20H,4,7-8,11-12,16-18H2,(H,27,30). The zero-order chi connectivity index (χ0) is 22.8. The van der Waals surface area contributed by atoms with Crippen molar-refractivity contribution in [3.8, 4) is 6.07 Å². The summed E-state index contributed by atoms with van der Waals surface area (Å²) in [7, 11) is 0. The van der Waals surface area contributed by atoms with Crippen molar-refractivity contribution < 1.29 is 14.4 Å². The molecule has 0 aliphatic carbocycles. The van der Waals surface area contributed by atoms with Crippen LogP contribution in [0.5, 0.6) is 0 Å². The molecule has 0 atom stereocenters. The zero-order valence-corrected chi connectivity index (χ0v) is 17.9. The first kappa shape index (κ1) is 22.9. The molecule has 3 amide bonds. The third kappa shape index (κ3) is 6.38. The fourth-order valence-electron chi connectivity index (χ4n) is 3.73. The molecule has 8 nitrogen and oxygen atoms in total. The minimum atomic E-state index is -0.181. The van der Waals surface area contributed by atoms with Gasteiger partial charge in [-0.1, -0.05) is 18.2 Å². The fourth-order valence-corrected chi connectivity index (χ4v) is 3.73. The van der Waals surface area contributed by atoms with Crippen LogP contribution in [0.25, 0.3) is 0 Å². The van der Waals surface area contributed by atoms with Crippen LogP contribution in [0.15, 0.2) is 54.9 Å². The summed E-state index contributed by atoms with van der Waals surface area (Å²) in [5.41, 5.74) is 1.33. The number of amides is 3. The number of piperidine rings is 1. The summed E-state index contributed by atoms with van der Waals surface area (Å²) in [5.74, 6) is -0.383. The van der Waals surface area contributed by atoms with Gasteiger partial charge in [0.05, 0.1) is 12.5 Å². The Kier molecular flexibility index (Phi) is 8.32. The van der Waals surface area contributed by atoms with E-state index < -0.39 is 0 Å². The maximum atomic E-state index is 12.7. The molecule has 0 unspecified atom stereocenters. The van der Waals surface area contributed by atoms with Crippen molar-refractivity contribution in [2.24, 2.45) is 0 Å². The molecule has 1 fully saturated rings. The van der Waals surface area contributed by atoms with Gasteiger partial charge in [-0.05, 0) is 37.1 Å². The number of para-hydroxylation sites is 1. The van der Waals surface area contributed by atoms with Gasteiger partial charge < -0.3 is 15.1 Å². The van der Waals surface area contributed by atoms with E-state index in [2.05, 4.69) is 16.4 Å². The summed E-state index contributed by atoms with van der Waals surface area (Å²) in [6.45, 7) is 1.44. The van der Waals surface area contributed by atoms with Crippen molar-refractivity contribution in [2.75, 3.05) is 24.5 Å². The molecule has 1 aromatic carbocycles. The number of benzene rings is 1. The van der Waals surface area contributed by atoms with E-state index in [1.807, 2.05) is 30.3 Å². The number of nitrogens with zero attached hydrogens (tertiary/aromatic N) is 4. The lowest BCUT2D eigenvalue weighted by Crippen LogP contribution is -2.46. The van der Waals surface area contributed by atoms with Crippen molar-refractivity contribution in [3.63, 3.8) is 0 Å². The van der Waals surface area contributed by atoms with Crippen LogP contribution in [0.1, 0.15) is 42.5 Å². The Balaban J connectivity index is 1.44. The van der Waals surface area contributed by atoms with E-state index in [-0.39, 0.29) is 43.0 Å². The molecule has 1 aliphatic rings. The van der Waals surface area contributed by atoms with E-state index >= 15 is 0 Å². The molecule has 8 heteroatoms. The Morgan fingerprint density at radius 1 is 1.06 bits per heavy atom. The van der Waals surface area contributed by atoms with Crippen LogP contribution in [0, 0.1) is 11.3 Å². The van der Waals surface area contributed by atoms with Crippen molar-refractivity contribution in [3.05, 3.63) is 60.4 Å². The predicted molar refractivity (Wildman–Crippen MR) is 120 cm³/mol. The van der Waals surface area contributed by atoms with Crippen LogP contribution in [0.3, 0.4) is 0 Å². The second-order valence-electron chi connectivity index (χ2n) is 7.66. The topological polar surface area (TPSA) is 106 Å². The summed E-state index contributed by atoms with van der Waals surface area (Å²) < 4.78 is 0. The number of nitrogens with one attached hydrogen (secondary N) is 1. The largest absolute Gasteiger partial charge is 0.353 e. The van der Waals surface area contributed by atoms with Gasteiger partial charge in [0.1, 0.15) is 0 Å². The highest BCUT2D eigenvalue weighted by Crippen LogP contribution is 2.17. The van der Waals surface area contributed by atoms with E-state index in [1.54, 1.807) is 34.3 Å². The molecule has 0 bridgehead atoms. The zero-order valence-electron chi connectivity index (χ0n) is 17.9. The fraction of sp³-hybridized carbons (Fsp3) is 0.375. The monoisotopic (exact) mass is 433 g/mol. The number of nitriles is 1. The average Bonchev–Trinajstić information content (AvgIpc) is 2.84. The number of pyridine rings is 1. The van der Waals surface area contributed by atoms with Gasteiger partial charge in [0.2, 0.25) is 11.8 Å². The van der Waals surface area contributed by atoms with Gasteiger partial charge in [-0.2, -0.15) is 5.26 Å². The summed E-state index contributed by atoms with van der Waals surface area (Å²) in [6, 6.07) is 14.6. The number of carbonyl (C=O) groups is 3. The highest BCUT2D eigenvalue weighted by molar-refractivity contribution is 5.95. The second-order valence-corrected chi connectivity index (χ2v) is 7.66. The lowest BCUT2D eigenvalue weighted by Gasteiger charge is -2.32. The molecule has 32 heavy (non-hydrogen) atoms. The number of anilines is 1. The number of likely N-dealkylation sites (tertiary alicyclic amines) is 1. The lowest BCUT2D eigenvalue weighted by atomic mass is 10.0. The molecular weight excluding hydrogens is 406 g/mol. The maximum Gasteiger partial charge on any atom is 0.253 e. The third-order valence-corrected chi connectivity index (χ3v) is 5.46. The smallest absolute Gasteiger partial charge is 0.253 e. The summed E-state index contributed by atoms with van der Waals surface area (Å²) >= 11 is 0. The van der Waals surface area contributed by atoms with Gasteiger partial charge >= 0.3 is 0 Å². The Hall–Kier alpha value is -3.73. The van der Waals surface area contributed by atoms with E-state index in [1.165, 1.54) is 0 Å². The molecule has 1 N–H and O–H groups in total. The minimum absolute atomic E-state index is 0.0112. The molecule has 1 saturated heterocycles. The van der Waals surface area contributed by atoms with E-state index in [0.717, 1.165) is 5.69 Å². The lowest BCUT2D eigenvalue weighted by molar-refractivity contribution is -0.125. The first-order valence-electron chi connectivity index (χ1n) is 10.8. The quantitative estimate of drug-likeness (QED) is 0.689. The maximum absolute atomic E-state index is 12.7. The SMILES string of the molecule is N#CCCN(C(=O)CCC(=O)NC1CCN(C(=O)c2ccncc2)CC1)c1ccccc1. The highest BCUT2D eigenvalue weighted by atomic mass is 16.2. The number of hydrogen-bond donors (Lipinski definition) is 1. The molecule has 3 rings (SSSR count). The molecule has 1 aromatic heterocycles. The van der Waals surface area contributed by atoms with E-state index in [4.69, 9.17) is 5.26 Å². The molecule has 2 heterocycles. The summed E-state index contributed by atoms with van der Waals surface area (Å²) in [6.07, 6.45) is 4.94. The number of hydrogen-bond acceptors (Lipinski definition) is 5. The Morgan fingerprint density at radius 2 is 1.75 bits per heavy atom. The van der Waals surface area contributed by atoms with Crippen LogP contribution in [-0.4, -0.2) is 53.3 Å². The Labute approximate surface area is 187 Å². The van der Waals surface area contributed by atoms with Crippen molar-refractivity contribution >= 4 is 23.4 Å². The van der Waals surface area contributed by atoms with Gasteiger partial charge in [-0.15, -0.1) is 0 Å². The van der Waals surface area contributed by atoms with Crippen LogP contribution in [0.4, 0.5) is 5.69 Å². The minimum Gasteiger partial charge on any atom is -0.353 e.